The Morgan fingerprint density at radius 1 is 1.24 bits per heavy atom. The van der Waals surface area contributed by atoms with Crippen LogP contribution >= 0.6 is 0 Å². The van der Waals surface area contributed by atoms with Gasteiger partial charge >= 0.3 is 0 Å². The number of aryl methyl sites for hydroxylation is 2. The summed E-state index contributed by atoms with van der Waals surface area (Å²) in [7, 11) is 0. The lowest BCUT2D eigenvalue weighted by Gasteiger charge is -2.19. The molecule has 132 valence electrons. The van der Waals surface area contributed by atoms with Crippen LogP contribution in [0.5, 0.6) is 11.5 Å². The minimum atomic E-state index is -0.556. The highest BCUT2D eigenvalue weighted by Gasteiger charge is 2.19. The lowest BCUT2D eigenvalue weighted by Crippen LogP contribution is -2.32. The molecule has 0 saturated carbocycles. The van der Waals surface area contributed by atoms with Crippen LogP contribution in [0.15, 0.2) is 55.1 Å². The van der Waals surface area contributed by atoms with Crippen LogP contribution in [0, 0.1) is 13.8 Å². The smallest absolute Gasteiger partial charge is 0.265 e. The SMILES string of the molecule is C=CCOc1cccc(NC(=O)[C@@H](CC)Oc2ccc(C)cc2C)c1. The third kappa shape index (κ3) is 5.38. The van der Waals surface area contributed by atoms with Gasteiger partial charge in [-0.2, -0.15) is 0 Å². The predicted molar refractivity (Wildman–Crippen MR) is 101 cm³/mol. The molecule has 0 spiro atoms. The fraction of sp³-hybridized carbons (Fsp3) is 0.286. The summed E-state index contributed by atoms with van der Waals surface area (Å²) in [5, 5.41) is 2.89. The van der Waals surface area contributed by atoms with Crippen LogP contribution < -0.4 is 14.8 Å². The Balaban J connectivity index is 2.05. The van der Waals surface area contributed by atoms with Gasteiger partial charge in [0.25, 0.3) is 5.91 Å². The van der Waals surface area contributed by atoms with E-state index in [1.807, 2.05) is 57.2 Å². The van der Waals surface area contributed by atoms with Crippen LogP contribution in [0.2, 0.25) is 0 Å². The van der Waals surface area contributed by atoms with E-state index in [1.165, 1.54) is 5.56 Å². The summed E-state index contributed by atoms with van der Waals surface area (Å²) < 4.78 is 11.4. The first-order valence-corrected chi connectivity index (χ1v) is 8.42. The van der Waals surface area contributed by atoms with Crippen LogP contribution in [0.1, 0.15) is 24.5 Å². The molecule has 4 heteroatoms. The summed E-state index contributed by atoms with van der Waals surface area (Å²) >= 11 is 0. The minimum Gasteiger partial charge on any atom is -0.489 e. The van der Waals surface area contributed by atoms with Gasteiger partial charge in [-0.1, -0.05) is 43.3 Å². The van der Waals surface area contributed by atoms with Crippen LogP contribution in [0.4, 0.5) is 5.69 Å². The van der Waals surface area contributed by atoms with Gasteiger partial charge in [-0.05, 0) is 44.0 Å². The van der Waals surface area contributed by atoms with Gasteiger partial charge < -0.3 is 14.8 Å². The topological polar surface area (TPSA) is 47.6 Å². The number of carbonyl (C=O) groups excluding carboxylic acids is 1. The number of rotatable bonds is 8. The molecule has 0 radical (unpaired) electrons. The molecule has 0 aromatic heterocycles. The number of carbonyl (C=O) groups is 1. The van der Waals surface area contributed by atoms with Gasteiger partial charge in [0.15, 0.2) is 6.10 Å². The van der Waals surface area contributed by atoms with Crippen molar-refractivity contribution in [1.82, 2.24) is 0 Å². The monoisotopic (exact) mass is 339 g/mol. The Morgan fingerprint density at radius 2 is 2.04 bits per heavy atom. The van der Waals surface area contributed by atoms with Crippen molar-refractivity contribution in [3.8, 4) is 11.5 Å². The molecule has 2 rings (SSSR count). The van der Waals surface area contributed by atoms with Crippen molar-refractivity contribution in [1.29, 1.82) is 0 Å². The number of ether oxygens (including phenoxy) is 2. The molecule has 2 aromatic carbocycles. The van der Waals surface area contributed by atoms with E-state index >= 15 is 0 Å². The number of benzene rings is 2. The number of hydrogen-bond donors (Lipinski definition) is 1. The maximum atomic E-state index is 12.6. The van der Waals surface area contributed by atoms with Crippen molar-refractivity contribution < 1.29 is 14.3 Å². The highest BCUT2D eigenvalue weighted by Crippen LogP contribution is 2.22. The molecule has 0 aliphatic heterocycles. The van der Waals surface area contributed by atoms with Crippen LogP contribution in [0.3, 0.4) is 0 Å². The number of amides is 1. The van der Waals surface area contributed by atoms with E-state index in [0.717, 1.165) is 11.3 Å². The average Bonchev–Trinajstić information content (AvgIpc) is 2.59. The van der Waals surface area contributed by atoms with E-state index in [2.05, 4.69) is 11.9 Å². The molecule has 2 aromatic rings. The van der Waals surface area contributed by atoms with E-state index in [-0.39, 0.29) is 5.91 Å². The highest BCUT2D eigenvalue weighted by atomic mass is 16.5. The Labute approximate surface area is 149 Å². The normalized spacial score (nSPS) is 11.5. The molecule has 0 saturated heterocycles. The first kappa shape index (κ1) is 18.6. The molecule has 0 aliphatic carbocycles. The molecule has 25 heavy (non-hydrogen) atoms. The summed E-state index contributed by atoms with van der Waals surface area (Å²) in [6.45, 7) is 9.98. The second-order valence-corrected chi connectivity index (χ2v) is 5.90. The first-order chi connectivity index (χ1) is 12.0. The van der Waals surface area contributed by atoms with Gasteiger partial charge in [0.2, 0.25) is 0 Å². The van der Waals surface area contributed by atoms with Gasteiger partial charge in [-0.3, -0.25) is 4.79 Å². The van der Waals surface area contributed by atoms with Crippen LogP contribution in [-0.4, -0.2) is 18.6 Å². The summed E-state index contributed by atoms with van der Waals surface area (Å²) in [4.78, 5) is 12.6. The first-order valence-electron chi connectivity index (χ1n) is 8.42. The lowest BCUT2D eigenvalue weighted by atomic mass is 10.1. The number of anilines is 1. The molecular formula is C21H25NO3. The molecule has 0 unspecified atom stereocenters. The highest BCUT2D eigenvalue weighted by molar-refractivity contribution is 5.94. The maximum absolute atomic E-state index is 12.6. The molecule has 0 aliphatic rings. The summed E-state index contributed by atoms with van der Waals surface area (Å²) in [5.41, 5.74) is 2.86. The van der Waals surface area contributed by atoms with Crippen molar-refractivity contribution in [3.63, 3.8) is 0 Å². The summed E-state index contributed by atoms with van der Waals surface area (Å²) in [6.07, 6.45) is 1.70. The second kappa shape index (κ2) is 8.92. The number of nitrogens with one attached hydrogen (secondary N) is 1. The second-order valence-electron chi connectivity index (χ2n) is 5.90. The molecule has 0 heterocycles. The fourth-order valence-electron chi connectivity index (χ4n) is 2.45. The van der Waals surface area contributed by atoms with Gasteiger partial charge in [0, 0.05) is 11.8 Å². The van der Waals surface area contributed by atoms with E-state index in [1.54, 1.807) is 12.1 Å². The van der Waals surface area contributed by atoms with E-state index < -0.39 is 6.10 Å². The molecule has 1 amide bonds. The third-order valence-electron chi connectivity index (χ3n) is 3.73. The van der Waals surface area contributed by atoms with Gasteiger partial charge in [0.1, 0.15) is 18.1 Å². The Kier molecular flexibility index (Phi) is 6.63. The summed E-state index contributed by atoms with van der Waals surface area (Å²) in [6, 6.07) is 13.2. The Bertz CT molecular complexity index is 740. The Hall–Kier alpha value is -2.75. The van der Waals surface area contributed by atoms with Crippen molar-refractivity contribution >= 4 is 11.6 Å². The molecule has 1 atom stereocenters. The zero-order chi connectivity index (χ0) is 18.2. The van der Waals surface area contributed by atoms with Gasteiger partial charge in [0.05, 0.1) is 0 Å². The molecule has 0 fully saturated rings. The zero-order valence-corrected chi connectivity index (χ0v) is 15.0. The van der Waals surface area contributed by atoms with Crippen molar-refractivity contribution in [2.75, 3.05) is 11.9 Å². The molecular weight excluding hydrogens is 314 g/mol. The average molecular weight is 339 g/mol. The largest absolute Gasteiger partial charge is 0.489 e. The molecule has 0 bridgehead atoms. The summed E-state index contributed by atoms with van der Waals surface area (Å²) in [5.74, 6) is 1.24. The van der Waals surface area contributed by atoms with E-state index in [0.29, 0.717) is 24.5 Å². The Morgan fingerprint density at radius 3 is 2.72 bits per heavy atom. The minimum absolute atomic E-state index is 0.177. The standard InChI is InChI=1S/C21H25NO3/c1-5-12-24-18-9-7-8-17(14-18)22-21(23)19(6-2)25-20-11-10-15(3)13-16(20)4/h5,7-11,13-14,19H,1,6,12H2,2-4H3,(H,22,23)/t19-/m1/s1. The third-order valence-corrected chi connectivity index (χ3v) is 3.73. The van der Waals surface area contributed by atoms with Crippen LogP contribution in [-0.2, 0) is 4.79 Å². The molecule has 1 N–H and O–H groups in total. The van der Waals surface area contributed by atoms with Crippen molar-refractivity contribution in [2.24, 2.45) is 0 Å². The lowest BCUT2D eigenvalue weighted by molar-refractivity contribution is -0.122. The zero-order valence-electron chi connectivity index (χ0n) is 15.0. The van der Waals surface area contributed by atoms with E-state index in [9.17, 15) is 4.79 Å². The number of hydrogen-bond acceptors (Lipinski definition) is 3. The fourth-order valence-corrected chi connectivity index (χ4v) is 2.45. The quantitative estimate of drug-likeness (QED) is 0.711. The maximum Gasteiger partial charge on any atom is 0.265 e. The predicted octanol–water partition coefficient (Wildman–Crippen LogP) is 4.66. The van der Waals surface area contributed by atoms with Crippen LogP contribution in [0.25, 0.3) is 0 Å². The van der Waals surface area contributed by atoms with E-state index in [4.69, 9.17) is 9.47 Å². The molecule has 4 nitrogen and oxygen atoms in total. The van der Waals surface area contributed by atoms with Gasteiger partial charge in [-0.25, -0.2) is 0 Å². The van der Waals surface area contributed by atoms with Crippen molar-refractivity contribution in [2.45, 2.75) is 33.3 Å². The van der Waals surface area contributed by atoms with Gasteiger partial charge in [-0.15, -0.1) is 0 Å². The van der Waals surface area contributed by atoms with Crippen molar-refractivity contribution in [3.05, 3.63) is 66.2 Å².